The summed E-state index contributed by atoms with van der Waals surface area (Å²) in [6.07, 6.45) is 4.86. The van der Waals surface area contributed by atoms with Gasteiger partial charge in [0.25, 0.3) is 0 Å². The maximum Gasteiger partial charge on any atom is 0.114 e. The molecule has 1 aromatic carbocycles. The number of terminal acetylenes is 1. The van der Waals surface area contributed by atoms with E-state index >= 15 is 0 Å². The minimum Gasteiger partial charge on any atom is -0.550 e. The Balaban J connectivity index is 0.000000260. The van der Waals surface area contributed by atoms with Crippen LogP contribution in [0.5, 0.6) is 0 Å². The number of carbonyl (C=O) groups excluding carboxylic acids is 3. The Hall–Kier alpha value is -2.89. The monoisotopic (exact) mass is 360 g/mol. The molecule has 0 radical (unpaired) electrons. The lowest BCUT2D eigenvalue weighted by Crippen LogP contribution is -2.54. The maximum absolute atomic E-state index is 10.1. The third kappa shape index (κ3) is 6.20. The lowest BCUT2D eigenvalue weighted by molar-refractivity contribution is -0.339. The second-order valence-corrected chi connectivity index (χ2v) is 5.79. The predicted molar refractivity (Wildman–Crippen MR) is 83.5 cm³/mol. The molecule has 0 aliphatic heterocycles. The normalized spacial score (nSPS) is 15.2. The molecule has 0 spiro atoms. The number of hydrogen-bond donors (Lipinski definition) is 2. The number of aliphatic hydroxyl groups is 1. The van der Waals surface area contributed by atoms with Gasteiger partial charge in [-0.2, -0.15) is 0 Å². The molecule has 2 N–H and O–H groups in total. The summed E-state index contributed by atoms with van der Waals surface area (Å²) in [5.41, 5.74) is -0.0766. The number of nitrogens with one attached hydrogen (secondary N) is 1. The van der Waals surface area contributed by atoms with Gasteiger partial charge in [0, 0.05) is 30.8 Å². The summed E-state index contributed by atoms with van der Waals surface area (Å²) in [4.78, 5) is 30.0. The first-order valence-electron chi connectivity index (χ1n) is 7.77. The number of benzene rings is 1. The molecule has 26 heavy (non-hydrogen) atoms. The zero-order valence-corrected chi connectivity index (χ0v) is 13.9. The Kier molecular flexibility index (Phi) is 7.77. The van der Waals surface area contributed by atoms with Crippen LogP contribution < -0.4 is 20.6 Å². The third-order valence-electron chi connectivity index (χ3n) is 3.84. The van der Waals surface area contributed by atoms with Gasteiger partial charge in [-0.1, -0.05) is 30.2 Å². The van der Waals surface area contributed by atoms with Crippen molar-refractivity contribution in [3.05, 3.63) is 35.4 Å². The molecule has 1 aromatic rings. The van der Waals surface area contributed by atoms with Gasteiger partial charge in [-0.05, 0) is 24.0 Å². The molecule has 0 saturated carbocycles. The van der Waals surface area contributed by atoms with E-state index in [0.29, 0.717) is 12.6 Å². The average Bonchev–Trinajstić information content (AvgIpc) is 2.95. The zero-order chi connectivity index (χ0) is 19.7. The predicted octanol–water partition coefficient (Wildman–Crippen LogP) is -3.36. The lowest BCUT2D eigenvalue weighted by atomic mass is 9.96. The van der Waals surface area contributed by atoms with E-state index in [1.54, 1.807) is 0 Å². The first-order valence-corrected chi connectivity index (χ1v) is 7.77. The van der Waals surface area contributed by atoms with Crippen molar-refractivity contribution in [2.75, 3.05) is 6.54 Å². The Labute approximate surface area is 150 Å². The van der Waals surface area contributed by atoms with E-state index in [1.807, 2.05) is 0 Å². The van der Waals surface area contributed by atoms with Gasteiger partial charge >= 0.3 is 0 Å². The van der Waals surface area contributed by atoms with Crippen LogP contribution >= 0.6 is 0 Å². The molecule has 0 aromatic heterocycles. The van der Waals surface area contributed by atoms with E-state index in [4.69, 9.17) is 11.5 Å². The van der Waals surface area contributed by atoms with Crippen molar-refractivity contribution in [2.45, 2.75) is 37.3 Å². The van der Waals surface area contributed by atoms with E-state index in [-0.39, 0.29) is 0 Å². The van der Waals surface area contributed by atoms with Crippen LogP contribution in [0, 0.1) is 12.3 Å². The molecule has 0 unspecified atom stereocenters. The molecule has 8 nitrogen and oxygen atoms in total. The molecule has 2 rings (SSSR count). The van der Waals surface area contributed by atoms with Gasteiger partial charge in [-0.15, -0.1) is 6.42 Å². The van der Waals surface area contributed by atoms with Crippen molar-refractivity contribution in [1.82, 2.24) is 5.32 Å². The van der Waals surface area contributed by atoms with E-state index in [1.165, 1.54) is 24.0 Å². The van der Waals surface area contributed by atoms with Crippen LogP contribution in [0.2, 0.25) is 0 Å². The van der Waals surface area contributed by atoms with Crippen LogP contribution in [-0.2, 0) is 20.8 Å². The van der Waals surface area contributed by atoms with Gasteiger partial charge in [0.2, 0.25) is 0 Å². The number of aryl methyl sites for hydroxylation is 1. The van der Waals surface area contributed by atoms with Crippen molar-refractivity contribution in [3.63, 3.8) is 0 Å². The van der Waals surface area contributed by atoms with Crippen molar-refractivity contribution >= 4 is 17.9 Å². The molecule has 0 saturated heterocycles. The second-order valence-electron chi connectivity index (χ2n) is 5.79. The van der Waals surface area contributed by atoms with E-state index in [9.17, 15) is 29.7 Å². The summed E-state index contributed by atoms with van der Waals surface area (Å²) in [6, 6.07) is 9.06. The summed E-state index contributed by atoms with van der Waals surface area (Å²) in [6.45, 7) is 0.666. The number of carbonyl (C=O) groups is 3. The van der Waals surface area contributed by atoms with Crippen LogP contribution in [0.3, 0.4) is 0 Å². The Morgan fingerprint density at radius 3 is 2.27 bits per heavy atom. The average molecular weight is 360 g/mol. The standard InChI is InChI=1S/C12H13N.C6H8O7/c1-2-9-13-12-8-7-10-5-3-4-6-11(10)12;7-3(8)1-6(13,5(11)12)2-4(9)10/h1,3-6,12-13H,7-9H2;13H,1-2H2,(H,7,8)(H,9,10)(H,11,12)/p-3/t12-;/m1./s1. The van der Waals surface area contributed by atoms with Crippen molar-refractivity contribution in [2.24, 2.45) is 0 Å². The van der Waals surface area contributed by atoms with Crippen LogP contribution in [0.25, 0.3) is 0 Å². The highest BCUT2D eigenvalue weighted by Gasteiger charge is 2.29. The fraction of sp³-hybridized carbons (Fsp3) is 0.389. The number of fused-ring (bicyclic) bond motifs is 1. The summed E-state index contributed by atoms with van der Waals surface area (Å²) in [7, 11) is 0. The largest absolute Gasteiger partial charge is 0.550 e. The lowest BCUT2D eigenvalue weighted by Gasteiger charge is -2.29. The quantitative estimate of drug-likeness (QED) is 0.478. The third-order valence-corrected chi connectivity index (χ3v) is 3.84. The van der Waals surface area contributed by atoms with Gasteiger partial charge in [0.1, 0.15) is 5.60 Å². The Morgan fingerprint density at radius 2 is 1.77 bits per heavy atom. The van der Waals surface area contributed by atoms with Gasteiger partial charge in [0.15, 0.2) is 0 Å². The highest BCUT2D eigenvalue weighted by molar-refractivity contribution is 5.86. The molecule has 0 heterocycles. The number of rotatable bonds is 7. The minimum absolute atomic E-state index is 0.479. The molecule has 140 valence electrons. The van der Waals surface area contributed by atoms with E-state index in [0.717, 1.165) is 0 Å². The first kappa shape index (κ1) is 21.2. The van der Waals surface area contributed by atoms with E-state index in [2.05, 4.69) is 35.5 Å². The molecule has 1 aliphatic carbocycles. The molecule has 0 fully saturated rings. The topological polar surface area (TPSA) is 153 Å². The fourth-order valence-electron chi connectivity index (χ4n) is 2.64. The highest BCUT2D eigenvalue weighted by atomic mass is 16.4. The fourth-order valence-corrected chi connectivity index (χ4v) is 2.64. The number of carboxylic acid groups (broad SMARTS) is 3. The van der Waals surface area contributed by atoms with Crippen molar-refractivity contribution in [3.8, 4) is 12.3 Å². The summed E-state index contributed by atoms with van der Waals surface area (Å²) in [5.74, 6) is -3.37. The maximum atomic E-state index is 10.1. The molecule has 1 atom stereocenters. The van der Waals surface area contributed by atoms with Crippen molar-refractivity contribution < 1.29 is 34.8 Å². The number of carboxylic acids is 3. The molecule has 1 aliphatic rings. The van der Waals surface area contributed by atoms with Gasteiger partial charge in [-0.25, -0.2) is 0 Å². The van der Waals surface area contributed by atoms with E-state index < -0.39 is 36.4 Å². The zero-order valence-electron chi connectivity index (χ0n) is 13.9. The van der Waals surface area contributed by atoms with Crippen molar-refractivity contribution in [1.29, 1.82) is 0 Å². The van der Waals surface area contributed by atoms with Crippen LogP contribution in [-0.4, -0.2) is 35.2 Å². The number of hydrogen-bond acceptors (Lipinski definition) is 8. The summed E-state index contributed by atoms with van der Waals surface area (Å²) < 4.78 is 0. The Bertz CT molecular complexity index is 692. The molecule has 8 heteroatoms. The number of aliphatic carboxylic acids is 3. The van der Waals surface area contributed by atoms with Gasteiger partial charge < -0.3 is 34.8 Å². The minimum atomic E-state index is -2.97. The molecule has 0 bridgehead atoms. The first-order chi connectivity index (χ1) is 12.2. The van der Waals surface area contributed by atoms with Gasteiger partial charge in [0.05, 0.1) is 12.5 Å². The molecule has 0 amide bonds. The second kappa shape index (κ2) is 9.56. The van der Waals surface area contributed by atoms with Gasteiger partial charge in [-0.3, -0.25) is 5.32 Å². The molecular formula is C18H18NO7-3. The SMILES string of the molecule is C#CCN[C@@H]1CCc2ccccc21.O=C([O-])CC(O)(CC(=O)[O-])C(=O)[O-]. The smallest absolute Gasteiger partial charge is 0.114 e. The summed E-state index contributed by atoms with van der Waals surface area (Å²) in [5, 5.41) is 42.3. The molecular weight excluding hydrogens is 342 g/mol. The summed E-state index contributed by atoms with van der Waals surface area (Å²) >= 11 is 0. The highest BCUT2D eigenvalue weighted by Crippen LogP contribution is 2.30. The van der Waals surface area contributed by atoms with Crippen LogP contribution in [0.4, 0.5) is 0 Å². The van der Waals surface area contributed by atoms with Crippen LogP contribution in [0.1, 0.15) is 36.4 Å². The Morgan fingerprint density at radius 1 is 1.19 bits per heavy atom. The van der Waals surface area contributed by atoms with Crippen LogP contribution in [0.15, 0.2) is 24.3 Å².